The molecular weight excluding hydrogens is 749 g/mol. The molecule has 0 saturated carbocycles. The van der Waals surface area contributed by atoms with Crippen LogP contribution >= 0.6 is 11.3 Å². The van der Waals surface area contributed by atoms with Crippen molar-refractivity contribution in [1.82, 2.24) is 19.5 Å². The number of thiophene rings is 1. The SMILES string of the molecule is c1ccc(-c2nc(-c3ccc4ccccc4c3)nc(-c3c4ccccc4cc4sc5cc(-n6c7cc8ccccc8cc7c7c8ccccc8ccc76)ccc5c34)n2)cc1. The topological polar surface area (TPSA) is 43.6 Å². The number of hydrogen-bond donors (Lipinski definition) is 0. The van der Waals surface area contributed by atoms with E-state index in [2.05, 4.69) is 180 Å². The molecule has 0 saturated heterocycles. The molecule has 0 atom stereocenters. The van der Waals surface area contributed by atoms with Crippen molar-refractivity contribution in [3.05, 3.63) is 194 Å². The summed E-state index contributed by atoms with van der Waals surface area (Å²) >= 11 is 1.83. The standard InChI is InChI=1S/C55H32N4S/c1-2-14-35(15-3-1)53-56-54(40-23-22-33-12-4-5-16-36(33)28-40)58-55(57-53)52-43-21-11-9-19-39(43)31-49-51(52)44-26-25-41(32-48(44)60-49)59-46-27-24-34-13-8-10-20-42(34)50(46)45-29-37-17-6-7-18-38(37)30-47(45)59/h1-32H. The first-order valence-corrected chi connectivity index (χ1v) is 21.1. The maximum Gasteiger partial charge on any atom is 0.165 e. The van der Waals surface area contributed by atoms with Crippen LogP contribution in [-0.2, 0) is 0 Å². The Morgan fingerprint density at radius 2 is 0.967 bits per heavy atom. The lowest BCUT2D eigenvalue weighted by Gasteiger charge is -2.13. The van der Waals surface area contributed by atoms with E-state index < -0.39 is 0 Å². The molecule has 0 unspecified atom stereocenters. The Kier molecular flexibility index (Phi) is 7.14. The third-order valence-corrected chi connectivity index (χ3v) is 13.2. The van der Waals surface area contributed by atoms with Crippen molar-refractivity contribution in [2.45, 2.75) is 0 Å². The Hall–Kier alpha value is -7.73. The molecular formula is C55H32N4S. The summed E-state index contributed by atoms with van der Waals surface area (Å²) in [5.41, 5.74) is 6.47. The molecule has 0 aliphatic rings. The van der Waals surface area contributed by atoms with E-state index in [1.807, 2.05) is 29.5 Å². The second-order valence-electron chi connectivity index (χ2n) is 15.6. The molecule has 278 valence electrons. The summed E-state index contributed by atoms with van der Waals surface area (Å²) in [6.45, 7) is 0. The van der Waals surface area contributed by atoms with Crippen LogP contribution in [0.3, 0.4) is 0 Å². The number of aromatic nitrogens is 4. The van der Waals surface area contributed by atoms with Gasteiger partial charge in [0.05, 0.1) is 11.0 Å². The normalized spacial score (nSPS) is 12.0. The monoisotopic (exact) mass is 780 g/mol. The quantitative estimate of drug-likeness (QED) is 0.179. The molecule has 3 heterocycles. The van der Waals surface area contributed by atoms with Gasteiger partial charge in [-0.1, -0.05) is 152 Å². The number of nitrogens with zero attached hydrogens (tertiary/aromatic N) is 4. The second-order valence-corrected chi connectivity index (χ2v) is 16.7. The van der Waals surface area contributed by atoms with Gasteiger partial charge in [-0.25, -0.2) is 15.0 Å². The highest BCUT2D eigenvalue weighted by Crippen LogP contribution is 2.46. The number of benzene rings is 10. The maximum absolute atomic E-state index is 5.35. The molecule has 0 bridgehead atoms. The molecule has 13 aromatic rings. The van der Waals surface area contributed by atoms with Gasteiger partial charge in [-0.2, -0.15) is 0 Å². The zero-order chi connectivity index (χ0) is 39.3. The van der Waals surface area contributed by atoms with Crippen molar-refractivity contribution in [3.8, 4) is 39.9 Å². The van der Waals surface area contributed by atoms with Crippen molar-refractivity contribution < 1.29 is 0 Å². The van der Waals surface area contributed by atoms with Crippen LogP contribution in [0, 0.1) is 0 Å². The molecule has 0 amide bonds. The fraction of sp³-hybridized carbons (Fsp3) is 0. The van der Waals surface area contributed by atoms with Gasteiger partial charge in [0.15, 0.2) is 17.5 Å². The highest BCUT2D eigenvalue weighted by Gasteiger charge is 2.22. The zero-order valence-electron chi connectivity index (χ0n) is 32.2. The van der Waals surface area contributed by atoms with Gasteiger partial charge in [0.2, 0.25) is 0 Å². The molecule has 0 N–H and O–H groups in total. The van der Waals surface area contributed by atoms with E-state index in [0.29, 0.717) is 17.5 Å². The third-order valence-electron chi connectivity index (χ3n) is 12.1. The number of rotatable bonds is 4. The van der Waals surface area contributed by atoms with Crippen molar-refractivity contribution in [1.29, 1.82) is 0 Å². The Labute approximate surface area is 348 Å². The summed E-state index contributed by atoms with van der Waals surface area (Å²) in [5, 5.41) is 14.5. The van der Waals surface area contributed by atoms with Crippen LogP contribution in [0.25, 0.3) is 125 Å². The predicted octanol–water partition coefficient (Wildman–Crippen LogP) is 15.0. The van der Waals surface area contributed by atoms with E-state index >= 15 is 0 Å². The Morgan fingerprint density at radius 1 is 0.333 bits per heavy atom. The average molecular weight is 781 g/mol. The van der Waals surface area contributed by atoms with Crippen LogP contribution in [0.2, 0.25) is 0 Å². The molecule has 0 aliphatic carbocycles. The number of fused-ring (bicyclic) bond motifs is 11. The minimum absolute atomic E-state index is 0.651. The predicted molar refractivity (Wildman–Crippen MR) is 253 cm³/mol. The van der Waals surface area contributed by atoms with Gasteiger partial charge in [0.25, 0.3) is 0 Å². The van der Waals surface area contributed by atoms with Crippen LogP contribution in [-0.4, -0.2) is 19.5 Å². The van der Waals surface area contributed by atoms with Gasteiger partial charge < -0.3 is 4.57 Å². The number of hydrogen-bond acceptors (Lipinski definition) is 4. The Balaban J connectivity index is 1.08. The van der Waals surface area contributed by atoms with E-state index in [0.717, 1.165) is 43.9 Å². The average Bonchev–Trinajstić information content (AvgIpc) is 3.84. The molecule has 4 nitrogen and oxygen atoms in total. The summed E-state index contributed by atoms with van der Waals surface area (Å²) in [6.07, 6.45) is 0. The van der Waals surface area contributed by atoms with Crippen molar-refractivity contribution in [2.24, 2.45) is 0 Å². The van der Waals surface area contributed by atoms with Gasteiger partial charge in [0, 0.05) is 53.3 Å². The lowest BCUT2D eigenvalue weighted by atomic mass is 9.97. The summed E-state index contributed by atoms with van der Waals surface area (Å²) < 4.78 is 4.87. The Morgan fingerprint density at radius 3 is 1.78 bits per heavy atom. The van der Waals surface area contributed by atoms with Gasteiger partial charge in [-0.15, -0.1) is 11.3 Å². The van der Waals surface area contributed by atoms with Crippen LogP contribution in [0.4, 0.5) is 0 Å². The minimum atomic E-state index is 0.651. The third kappa shape index (κ3) is 5.06. The van der Waals surface area contributed by atoms with Gasteiger partial charge in [-0.3, -0.25) is 0 Å². The van der Waals surface area contributed by atoms with Gasteiger partial charge in [0.1, 0.15) is 0 Å². The summed E-state index contributed by atoms with van der Waals surface area (Å²) in [5.74, 6) is 1.97. The molecule has 13 rings (SSSR count). The van der Waals surface area contributed by atoms with Crippen LogP contribution in [0.15, 0.2) is 194 Å². The summed E-state index contributed by atoms with van der Waals surface area (Å²) in [4.78, 5) is 15.8. The summed E-state index contributed by atoms with van der Waals surface area (Å²) in [7, 11) is 0. The van der Waals surface area contributed by atoms with Crippen LogP contribution in [0.1, 0.15) is 0 Å². The Bertz CT molecular complexity index is 3900. The molecule has 60 heavy (non-hydrogen) atoms. The molecule has 0 aliphatic heterocycles. The van der Waals surface area contributed by atoms with Gasteiger partial charge in [-0.05, 0) is 85.6 Å². The molecule has 0 spiro atoms. The van der Waals surface area contributed by atoms with E-state index in [-0.39, 0.29) is 0 Å². The second kappa shape index (κ2) is 12.9. The molecule has 0 fully saturated rings. The highest BCUT2D eigenvalue weighted by atomic mass is 32.1. The van der Waals surface area contributed by atoms with Crippen molar-refractivity contribution in [2.75, 3.05) is 0 Å². The fourth-order valence-electron chi connectivity index (χ4n) is 9.37. The first-order valence-electron chi connectivity index (χ1n) is 20.3. The van der Waals surface area contributed by atoms with Crippen molar-refractivity contribution >= 4 is 96.4 Å². The van der Waals surface area contributed by atoms with E-state index in [9.17, 15) is 0 Å². The van der Waals surface area contributed by atoms with E-state index in [4.69, 9.17) is 15.0 Å². The molecule has 0 radical (unpaired) electrons. The van der Waals surface area contributed by atoms with E-state index in [1.54, 1.807) is 0 Å². The lowest BCUT2D eigenvalue weighted by Crippen LogP contribution is -2.01. The molecule has 10 aromatic carbocycles. The molecule has 3 aromatic heterocycles. The van der Waals surface area contributed by atoms with Crippen LogP contribution in [0.5, 0.6) is 0 Å². The summed E-state index contributed by atoms with van der Waals surface area (Å²) in [6, 6.07) is 69.8. The largest absolute Gasteiger partial charge is 0.309 e. The van der Waals surface area contributed by atoms with E-state index in [1.165, 1.54) is 63.5 Å². The zero-order valence-corrected chi connectivity index (χ0v) is 33.0. The van der Waals surface area contributed by atoms with Crippen LogP contribution < -0.4 is 0 Å². The van der Waals surface area contributed by atoms with Crippen molar-refractivity contribution in [3.63, 3.8) is 0 Å². The maximum atomic E-state index is 5.35. The first-order chi connectivity index (χ1) is 29.7. The molecule has 5 heteroatoms. The lowest BCUT2D eigenvalue weighted by molar-refractivity contribution is 1.08. The first kappa shape index (κ1) is 33.3. The minimum Gasteiger partial charge on any atom is -0.309 e. The smallest absolute Gasteiger partial charge is 0.165 e. The fourth-order valence-corrected chi connectivity index (χ4v) is 10.6. The van der Waals surface area contributed by atoms with Gasteiger partial charge >= 0.3 is 0 Å². The highest BCUT2D eigenvalue weighted by molar-refractivity contribution is 7.26.